The second-order valence-electron chi connectivity index (χ2n) is 7.39. The van der Waals surface area contributed by atoms with E-state index in [4.69, 9.17) is 10.3 Å². The van der Waals surface area contributed by atoms with Crippen molar-refractivity contribution < 1.29 is 14.2 Å². The summed E-state index contributed by atoms with van der Waals surface area (Å²) < 4.78 is 5.31. The van der Waals surface area contributed by atoms with Crippen LogP contribution in [0.15, 0.2) is 22.7 Å². The normalized spacial score (nSPS) is 18.6. The molecule has 148 valence electrons. The van der Waals surface area contributed by atoms with Crippen molar-refractivity contribution in [1.29, 1.82) is 0 Å². The molecule has 4 rings (SSSR count). The fraction of sp³-hybridized carbons (Fsp3) is 0.500. The molecule has 1 saturated heterocycles. The number of rotatable bonds is 4. The summed E-state index contributed by atoms with van der Waals surface area (Å²) in [6.07, 6.45) is 2.63. The van der Waals surface area contributed by atoms with Gasteiger partial charge in [-0.25, -0.2) is 0 Å². The quantitative estimate of drug-likeness (QED) is 0.620. The van der Waals surface area contributed by atoms with Crippen LogP contribution in [0.2, 0.25) is 0 Å². The predicted octanol–water partition coefficient (Wildman–Crippen LogP) is 1.65. The van der Waals surface area contributed by atoms with Gasteiger partial charge in [0, 0.05) is 44.7 Å². The number of nitro benzene ring substituents is 1. The van der Waals surface area contributed by atoms with E-state index < -0.39 is 10.5 Å². The van der Waals surface area contributed by atoms with Gasteiger partial charge in [-0.3, -0.25) is 14.9 Å². The van der Waals surface area contributed by atoms with Gasteiger partial charge in [-0.15, -0.1) is 0 Å². The second kappa shape index (κ2) is 6.86. The van der Waals surface area contributed by atoms with Crippen LogP contribution in [0.4, 0.5) is 11.4 Å². The van der Waals surface area contributed by atoms with Crippen molar-refractivity contribution in [1.82, 2.24) is 15.0 Å². The molecule has 0 spiro atoms. The summed E-state index contributed by atoms with van der Waals surface area (Å²) in [7, 11) is 0. The Kier molecular flexibility index (Phi) is 4.50. The molecule has 2 heterocycles. The van der Waals surface area contributed by atoms with Crippen LogP contribution in [0.3, 0.4) is 0 Å². The molecule has 10 nitrogen and oxygen atoms in total. The van der Waals surface area contributed by atoms with Gasteiger partial charge in [0.05, 0.1) is 10.5 Å². The highest BCUT2D eigenvalue weighted by atomic mass is 16.6. The third kappa shape index (κ3) is 3.19. The molecule has 0 bridgehead atoms. The van der Waals surface area contributed by atoms with Gasteiger partial charge in [-0.05, 0) is 31.4 Å². The number of carbonyl (C=O) groups excluding carboxylic acids is 1. The largest absolute Gasteiger partial charge is 0.362 e. The standard InChI is InChI=1S/C18H22N6O4/c1-12(25)22-7-9-23(10-8-22)14-4-3-13(11-15(14)24(26)27)16-20-17(21-28-16)18(19)5-2-6-18/h3-4,11H,2,5-10,19H2,1H3. The Balaban J connectivity index is 1.59. The van der Waals surface area contributed by atoms with Gasteiger partial charge in [-0.1, -0.05) is 5.16 Å². The molecule has 0 unspecified atom stereocenters. The number of nitro groups is 1. The number of hydrogen-bond donors (Lipinski definition) is 1. The van der Waals surface area contributed by atoms with Gasteiger partial charge in [-0.2, -0.15) is 4.98 Å². The van der Waals surface area contributed by atoms with E-state index in [0.29, 0.717) is 43.3 Å². The average molecular weight is 386 g/mol. The minimum absolute atomic E-state index is 0.0147. The smallest absolute Gasteiger partial charge is 0.293 e. The van der Waals surface area contributed by atoms with Gasteiger partial charge in [0.25, 0.3) is 11.6 Å². The number of nitrogens with two attached hydrogens (primary N) is 1. The van der Waals surface area contributed by atoms with Crippen LogP contribution < -0.4 is 10.6 Å². The molecule has 2 N–H and O–H groups in total. The number of piperazine rings is 1. The van der Waals surface area contributed by atoms with Gasteiger partial charge in [0.1, 0.15) is 5.69 Å². The summed E-state index contributed by atoms with van der Waals surface area (Å²) in [5.74, 6) is 0.685. The van der Waals surface area contributed by atoms with Gasteiger partial charge in [0.15, 0.2) is 5.82 Å². The van der Waals surface area contributed by atoms with E-state index in [1.165, 1.54) is 13.0 Å². The van der Waals surface area contributed by atoms with E-state index in [9.17, 15) is 14.9 Å². The molecule has 1 aliphatic carbocycles. The molecule has 1 aromatic heterocycles. The minimum Gasteiger partial charge on any atom is -0.362 e. The molecular weight excluding hydrogens is 364 g/mol. The Labute approximate surface area is 161 Å². The van der Waals surface area contributed by atoms with E-state index in [-0.39, 0.29) is 17.5 Å². The minimum atomic E-state index is -0.552. The fourth-order valence-corrected chi connectivity index (χ4v) is 3.66. The number of hydrogen-bond acceptors (Lipinski definition) is 8. The van der Waals surface area contributed by atoms with Crippen LogP contribution in [0.1, 0.15) is 32.0 Å². The van der Waals surface area contributed by atoms with Crippen LogP contribution in [0.5, 0.6) is 0 Å². The van der Waals surface area contributed by atoms with Crippen molar-refractivity contribution in [3.8, 4) is 11.5 Å². The summed E-state index contributed by atoms with van der Waals surface area (Å²) in [5, 5.41) is 15.6. The lowest BCUT2D eigenvalue weighted by molar-refractivity contribution is -0.384. The third-order valence-electron chi connectivity index (χ3n) is 5.60. The average Bonchev–Trinajstić information content (AvgIpc) is 3.16. The van der Waals surface area contributed by atoms with Crippen molar-refractivity contribution in [3.05, 3.63) is 34.1 Å². The molecular formula is C18H22N6O4. The van der Waals surface area contributed by atoms with Crippen LogP contribution in [-0.2, 0) is 10.3 Å². The molecule has 1 saturated carbocycles. The zero-order valence-corrected chi connectivity index (χ0v) is 15.6. The molecule has 2 fully saturated rings. The predicted molar refractivity (Wildman–Crippen MR) is 101 cm³/mol. The van der Waals surface area contributed by atoms with Gasteiger partial charge < -0.3 is 20.1 Å². The first-order valence-corrected chi connectivity index (χ1v) is 9.30. The molecule has 0 radical (unpaired) electrons. The summed E-state index contributed by atoms with van der Waals surface area (Å²) in [4.78, 5) is 30.8. The van der Waals surface area contributed by atoms with Crippen LogP contribution in [-0.4, -0.2) is 52.1 Å². The first kappa shape index (κ1) is 18.4. The van der Waals surface area contributed by atoms with E-state index >= 15 is 0 Å². The van der Waals surface area contributed by atoms with E-state index in [2.05, 4.69) is 10.1 Å². The highest BCUT2D eigenvalue weighted by molar-refractivity contribution is 5.74. The first-order valence-electron chi connectivity index (χ1n) is 9.30. The van der Waals surface area contributed by atoms with Crippen LogP contribution in [0, 0.1) is 10.1 Å². The van der Waals surface area contributed by atoms with E-state index in [0.717, 1.165) is 19.3 Å². The molecule has 2 aromatic rings. The van der Waals surface area contributed by atoms with E-state index in [1.807, 2.05) is 4.90 Å². The third-order valence-corrected chi connectivity index (χ3v) is 5.60. The molecule has 1 amide bonds. The molecule has 28 heavy (non-hydrogen) atoms. The zero-order valence-electron chi connectivity index (χ0n) is 15.6. The monoisotopic (exact) mass is 386 g/mol. The van der Waals surface area contributed by atoms with Crippen molar-refractivity contribution >= 4 is 17.3 Å². The Hall–Kier alpha value is -3.01. The van der Waals surface area contributed by atoms with Crippen molar-refractivity contribution in [2.24, 2.45) is 5.73 Å². The number of benzene rings is 1. The molecule has 2 aliphatic rings. The van der Waals surface area contributed by atoms with Crippen LogP contribution in [0.25, 0.3) is 11.5 Å². The van der Waals surface area contributed by atoms with Crippen molar-refractivity contribution in [2.75, 3.05) is 31.1 Å². The highest BCUT2D eigenvalue weighted by Gasteiger charge is 2.39. The lowest BCUT2D eigenvalue weighted by atomic mass is 9.77. The number of amides is 1. The van der Waals surface area contributed by atoms with Gasteiger partial charge in [0.2, 0.25) is 5.91 Å². The maximum atomic E-state index is 11.7. The summed E-state index contributed by atoms with van der Waals surface area (Å²) >= 11 is 0. The Morgan fingerprint density at radius 2 is 2.00 bits per heavy atom. The fourth-order valence-electron chi connectivity index (χ4n) is 3.66. The molecule has 0 atom stereocenters. The van der Waals surface area contributed by atoms with Crippen molar-refractivity contribution in [3.63, 3.8) is 0 Å². The van der Waals surface area contributed by atoms with Gasteiger partial charge >= 0.3 is 0 Å². The molecule has 1 aromatic carbocycles. The zero-order chi connectivity index (χ0) is 19.9. The Morgan fingerprint density at radius 1 is 1.29 bits per heavy atom. The summed E-state index contributed by atoms with van der Waals surface area (Å²) in [6.45, 7) is 3.70. The number of aromatic nitrogens is 2. The number of carbonyl (C=O) groups is 1. The number of anilines is 1. The highest BCUT2D eigenvalue weighted by Crippen LogP contribution is 2.38. The molecule has 10 heteroatoms. The lowest BCUT2D eigenvalue weighted by Crippen LogP contribution is -2.48. The van der Waals surface area contributed by atoms with Crippen LogP contribution >= 0.6 is 0 Å². The summed E-state index contributed by atoms with van der Waals surface area (Å²) in [5.41, 5.74) is 6.65. The second-order valence-corrected chi connectivity index (χ2v) is 7.39. The lowest BCUT2D eigenvalue weighted by Gasteiger charge is -2.35. The Bertz CT molecular complexity index is 915. The molecule has 1 aliphatic heterocycles. The maximum absolute atomic E-state index is 11.7. The maximum Gasteiger partial charge on any atom is 0.293 e. The SMILES string of the molecule is CC(=O)N1CCN(c2ccc(-c3nc(C4(N)CCC4)no3)cc2[N+](=O)[O-])CC1. The first-order chi connectivity index (χ1) is 13.4. The Morgan fingerprint density at radius 3 is 2.57 bits per heavy atom. The van der Waals surface area contributed by atoms with Crippen molar-refractivity contribution in [2.45, 2.75) is 31.7 Å². The summed E-state index contributed by atoms with van der Waals surface area (Å²) in [6, 6.07) is 4.89. The topological polar surface area (TPSA) is 132 Å². The van der Waals surface area contributed by atoms with E-state index in [1.54, 1.807) is 17.0 Å². The number of nitrogens with zero attached hydrogens (tertiary/aromatic N) is 5.